The summed E-state index contributed by atoms with van der Waals surface area (Å²) in [6.07, 6.45) is 0.630. The van der Waals surface area contributed by atoms with Crippen LogP contribution < -0.4 is 0 Å². The molecule has 0 rings (SSSR count). The molecule has 0 aromatic carbocycles. The first kappa shape index (κ1) is 13.9. The predicted octanol–water partition coefficient (Wildman–Crippen LogP) is 0.657. The van der Waals surface area contributed by atoms with Crippen LogP contribution in [0.5, 0.6) is 0 Å². The van der Waals surface area contributed by atoms with E-state index < -0.39 is 21.1 Å². The zero-order chi connectivity index (χ0) is 11.9. The van der Waals surface area contributed by atoms with Gasteiger partial charge in [0, 0.05) is 6.42 Å². The molecular weight excluding hydrogens is 218 g/mol. The van der Waals surface area contributed by atoms with Gasteiger partial charge in [-0.2, -0.15) is 5.26 Å². The van der Waals surface area contributed by atoms with Crippen LogP contribution in [0.2, 0.25) is 0 Å². The lowest BCUT2D eigenvalue weighted by molar-refractivity contribution is -0.140. The molecule has 5 nitrogen and oxygen atoms in total. The molecule has 0 fully saturated rings. The van der Waals surface area contributed by atoms with E-state index in [0.29, 0.717) is 0 Å². The molecule has 0 saturated heterocycles. The number of hydrogen-bond donors (Lipinski definition) is 0. The molecule has 0 spiro atoms. The van der Waals surface area contributed by atoms with Crippen molar-refractivity contribution in [3.8, 4) is 6.07 Å². The van der Waals surface area contributed by atoms with Gasteiger partial charge in [-0.3, -0.25) is 4.79 Å². The van der Waals surface area contributed by atoms with Crippen LogP contribution >= 0.6 is 0 Å². The summed E-state index contributed by atoms with van der Waals surface area (Å²) in [6.45, 7) is 1.61. The first-order valence-corrected chi connectivity index (χ1v) is 6.37. The van der Waals surface area contributed by atoms with Gasteiger partial charge in [0.05, 0.1) is 18.9 Å². The number of sulfone groups is 1. The van der Waals surface area contributed by atoms with Gasteiger partial charge in [0.2, 0.25) is 0 Å². The van der Waals surface area contributed by atoms with Crippen molar-refractivity contribution in [1.29, 1.82) is 5.26 Å². The average molecular weight is 233 g/mol. The zero-order valence-electron chi connectivity index (χ0n) is 8.89. The van der Waals surface area contributed by atoms with E-state index in [1.165, 1.54) is 0 Å². The Morgan fingerprint density at radius 2 is 2.13 bits per heavy atom. The van der Waals surface area contributed by atoms with Crippen LogP contribution in [0, 0.1) is 11.3 Å². The Labute approximate surface area is 90.0 Å². The van der Waals surface area contributed by atoms with Crippen LogP contribution in [0.3, 0.4) is 0 Å². The molecule has 0 radical (unpaired) electrons. The monoisotopic (exact) mass is 233 g/mol. The Balaban J connectivity index is 4.54. The highest BCUT2D eigenvalue weighted by molar-refractivity contribution is 7.92. The Morgan fingerprint density at radius 1 is 1.53 bits per heavy atom. The topological polar surface area (TPSA) is 84.2 Å². The van der Waals surface area contributed by atoms with Crippen molar-refractivity contribution in [3.63, 3.8) is 0 Å². The smallest absolute Gasteiger partial charge is 0.324 e. The molecule has 15 heavy (non-hydrogen) atoms. The quantitative estimate of drug-likeness (QED) is 0.497. The maximum Gasteiger partial charge on any atom is 0.324 e. The second kappa shape index (κ2) is 6.40. The molecule has 0 aromatic heterocycles. The Hall–Kier alpha value is -1.09. The first-order valence-electron chi connectivity index (χ1n) is 4.66. The number of carbonyl (C=O) groups is 1. The van der Waals surface area contributed by atoms with Crippen molar-refractivity contribution < 1.29 is 17.9 Å². The standard InChI is InChI=1S/C9H15NO4S/c1-3-8(9(11)14-2)15(12,13)7-5-4-6-10/h8H,3-5,7H2,1-2H3. The second-order valence-electron chi connectivity index (χ2n) is 3.05. The minimum absolute atomic E-state index is 0.145. The largest absolute Gasteiger partial charge is 0.468 e. The van der Waals surface area contributed by atoms with Gasteiger partial charge in [0.15, 0.2) is 15.1 Å². The summed E-state index contributed by atoms with van der Waals surface area (Å²) < 4.78 is 27.7. The number of carbonyl (C=O) groups excluding carboxylic acids is 1. The molecule has 0 amide bonds. The molecule has 0 bridgehead atoms. The van der Waals surface area contributed by atoms with Gasteiger partial charge < -0.3 is 4.74 Å². The van der Waals surface area contributed by atoms with E-state index in [2.05, 4.69) is 4.74 Å². The number of esters is 1. The number of rotatable bonds is 6. The predicted molar refractivity (Wildman–Crippen MR) is 54.7 cm³/mol. The molecule has 0 aliphatic carbocycles. The number of hydrogen-bond acceptors (Lipinski definition) is 5. The number of ether oxygens (including phenoxy) is 1. The van der Waals surface area contributed by atoms with E-state index in [4.69, 9.17) is 5.26 Å². The third kappa shape index (κ3) is 4.30. The summed E-state index contributed by atoms with van der Waals surface area (Å²) in [7, 11) is -2.32. The lowest BCUT2D eigenvalue weighted by Crippen LogP contribution is -2.32. The third-order valence-corrected chi connectivity index (χ3v) is 4.24. The van der Waals surface area contributed by atoms with E-state index in [1.54, 1.807) is 6.92 Å². The summed E-state index contributed by atoms with van der Waals surface area (Å²) in [5.41, 5.74) is 0. The molecule has 1 atom stereocenters. The Morgan fingerprint density at radius 3 is 2.53 bits per heavy atom. The molecule has 86 valence electrons. The maximum atomic E-state index is 11.6. The second-order valence-corrected chi connectivity index (χ2v) is 5.35. The minimum atomic E-state index is -3.48. The van der Waals surface area contributed by atoms with Gasteiger partial charge in [-0.05, 0) is 12.8 Å². The molecular formula is C9H15NO4S. The van der Waals surface area contributed by atoms with Crippen molar-refractivity contribution in [2.45, 2.75) is 31.4 Å². The van der Waals surface area contributed by atoms with Crippen LogP contribution in [0.15, 0.2) is 0 Å². The van der Waals surface area contributed by atoms with Crippen LogP contribution in [0.1, 0.15) is 26.2 Å². The van der Waals surface area contributed by atoms with E-state index in [1.807, 2.05) is 6.07 Å². The lowest BCUT2D eigenvalue weighted by Gasteiger charge is -2.12. The van der Waals surface area contributed by atoms with Gasteiger partial charge in [0.1, 0.15) is 0 Å². The van der Waals surface area contributed by atoms with Crippen molar-refractivity contribution in [3.05, 3.63) is 0 Å². The van der Waals surface area contributed by atoms with E-state index in [-0.39, 0.29) is 25.0 Å². The summed E-state index contributed by atoms with van der Waals surface area (Å²) in [5, 5.41) is 7.18. The molecule has 0 aliphatic rings. The lowest BCUT2D eigenvalue weighted by atomic mass is 10.3. The van der Waals surface area contributed by atoms with Crippen LogP contribution in [-0.2, 0) is 19.4 Å². The van der Waals surface area contributed by atoms with E-state index in [9.17, 15) is 13.2 Å². The maximum absolute atomic E-state index is 11.6. The highest BCUT2D eigenvalue weighted by atomic mass is 32.2. The number of unbranched alkanes of at least 4 members (excludes halogenated alkanes) is 1. The third-order valence-electron chi connectivity index (χ3n) is 1.99. The highest BCUT2D eigenvalue weighted by Crippen LogP contribution is 2.11. The Bertz CT molecular complexity index is 342. The molecule has 6 heteroatoms. The van der Waals surface area contributed by atoms with Crippen molar-refractivity contribution >= 4 is 15.8 Å². The van der Waals surface area contributed by atoms with E-state index >= 15 is 0 Å². The van der Waals surface area contributed by atoms with E-state index in [0.717, 1.165) is 7.11 Å². The molecule has 0 aliphatic heterocycles. The molecule has 0 heterocycles. The minimum Gasteiger partial charge on any atom is -0.468 e. The fourth-order valence-corrected chi connectivity index (χ4v) is 2.92. The summed E-state index contributed by atoms with van der Waals surface area (Å²) >= 11 is 0. The van der Waals surface area contributed by atoms with Gasteiger partial charge in [0.25, 0.3) is 0 Å². The molecule has 0 N–H and O–H groups in total. The number of nitrogens with zero attached hydrogens (tertiary/aromatic N) is 1. The van der Waals surface area contributed by atoms with Crippen LogP contribution in [-0.4, -0.2) is 32.5 Å². The van der Waals surface area contributed by atoms with Gasteiger partial charge in [-0.25, -0.2) is 8.42 Å². The zero-order valence-corrected chi connectivity index (χ0v) is 9.71. The number of methoxy groups -OCH3 is 1. The van der Waals surface area contributed by atoms with Crippen molar-refractivity contribution in [2.24, 2.45) is 0 Å². The summed E-state index contributed by atoms with van der Waals surface area (Å²) in [6, 6.07) is 1.86. The van der Waals surface area contributed by atoms with Crippen LogP contribution in [0.4, 0.5) is 0 Å². The summed E-state index contributed by atoms with van der Waals surface area (Å²) in [4.78, 5) is 11.2. The van der Waals surface area contributed by atoms with Gasteiger partial charge in [-0.1, -0.05) is 6.92 Å². The SMILES string of the molecule is CCC(C(=O)OC)S(=O)(=O)CCCC#N. The molecule has 0 saturated carbocycles. The van der Waals surface area contributed by atoms with Crippen molar-refractivity contribution in [2.75, 3.05) is 12.9 Å². The van der Waals surface area contributed by atoms with Gasteiger partial charge >= 0.3 is 5.97 Å². The highest BCUT2D eigenvalue weighted by Gasteiger charge is 2.31. The Kier molecular flexibility index (Phi) is 5.94. The molecule has 1 unspecified atom stereocenters. The van der Waals surface area contributed by atoms with Crippen LogP contribution in [0.25, 0.3) is 0 Å². The normalized spacial score (nSPS) is 12.9. The average Bonchev–Trinajstić information content (AvgIpc) is 2.18. The fraction of sp³-hybridized carbons (Fsp3) is 0.778. The fourth-order valence-electron chi connectivity index (χ4n) is 1.19. The first-order chi connectivity index (χ1) is 6.99. The number of nitriles is 1. The van der Waals surface area contributed by atoms with Gasteiger partial charge in [-0.15, -0.1) is 0 Å². The van der Waals surface area contributed by atoms with Crippen molar-refractivity contribution in [1.82, 2.24) is 0 Å². The molecule has 0 aromatic rings. The summed E-state index contributed by atoms with van der Waals surface area (Å²) in [5.74, 6) is -0.872.